The number of halogens is 1. The van der Waals surface area contributed by atoms with Gasteiger partial charge in [0.05, 0.1) is 37.0 Å². The number of piperidine rings is 1. The van der Waals surface area contributed by atoms with Crippen LogP contribution in [0.3, 0.4) is 0 Å². The van der Waals surface area contributed by atoms with E-state index in [-0.39, 0.29) is 32.0 Å². The summed E-state index contributed by atoms with van der Waals surface area (Å²) in [6, 6.07) is 23.8. The van der Waals surface area contributed by atoms with Gasteiger partial charge in [-0.25, -0.2) is 9.18 Å². The third-order valence-electron chi connectivity index (χ3n) is 11.7. The van der Waals surface area contributed by atoms with Crippen LogP contribution in [0.1, 0.15) is 63.7 Å². The lowest BCUT2D eigenvalue weighted by molar-refractivity contribution is -0.135. The minimum Gasteiger partial charge on any atom is -0.496 e. The average Bonchev–Trinajstić information content (AvgIpc) is 3.87. The number of likely N-dealkylation sites (N-methyl/N-ethyl adjacent to an activating group) is 1. The van der Waals surface area contributed by atoms with Crippen molar-refractivity contribution < 1.29 is 23.5 Å². The van der Waals surface area contributed by atoms with Crippen molar-refractivity contribution in [3.05, 3.63) is 129 Å². The summed E-state index contributed by atoms with van der Waals surface area (Å²) in [5.74, 6) is -0.187. The molecule has 6 aromatic rings. The Hall–Kier alpha value is -5.22. The van der Waals surface area contributed by atoms with Crippen molar-refractivity contribution >= 4 is 46.2 Å². The van der Waals surface area contributed by atoms with Crippen LogP contribution in [0, 0.1) is 12.7 Å². The Bertz CT molecular complexity index is 2500. The van der Waals surface area contributed by atoms with Gasteiger partial charge in [-0.15, -0.1) is 4.80 Å². The Morgan fingerprint density at radius 1 is 1.00 bits per heavy atom. The molecule has 12 nitrogen and oxygen atoms in total. The first-order valence-electron chi connectivity index (χ1n) is 19.4. The maximum Gasteiger partial charge on any atom is 0.332 e. The molecule has 0 spiro atoms. The van der Waals surface area contributed by atoms with Crippen LogP contribution in [0.4, 0.5) is 4.39 Å². The third-order valence-corrected chi connectivity index (χ3v) is 17.6. The second-order valence-corrected chi connectivity index (χ2v) is 20.9. The molecule has 1 saturated heterocycles. The summed E-state index contributed by atoms with van der Waals surface area (Å²) in [6.07, 6.45) is 3.77. The SMILES string of the molecule is COc1ccc(F)cc1[C@H](Cn1c(=O)n([C@@]2(C)CCC(=O)N(C)C2)c(=O)c2c(C)c(-n3nccn3)sc21)OCCCC(C)(C)[Si](O)(c1ccccc1)c1ccccc1. The highest BCUT2D eigenvalue weighted by atomic mass is 32.1. The second-order valence-electron chi connectivity index (χ2n) is 16.0. The fourth-order valence-corrected chi connectivity index (χ4v) is 13.5. The molecule has 1 aliphatic heterocycles. The standard InChI is InChI=1S/C43H49FN6O6SSi/c1-29-37-38(52)49(43(4)22-20-36(51)47(5)28-43)41(53)48(40(37)57-39(29)50-45-23-24-46-50)27-35(33-26-30(44)18-19-34(33)55-6)56-25-13-21-42(2,3)58(54,31-14-9-7-10-15-31)32-16-11-8-12-17-32/h7-12,14-19,23-24,26,35,54H,13,20-22,25,27-28H2,1-6H3/t35-,43-/m0/s1. The lowest BCUT2D eigenvalue weighted by Crippen LogP contribution is -2.65. The summed E-state index contributed by atoms with van der Waals surface area (Å²) in [5, 5.41) is 10.8. The van der Waals surface area contributed by atoms with Crippen molar-refractivity contribution in [2.24, 2.45) is 0 Å². The van der Waals surface area contributed by atoms with Gasteiger partial charge in [0.2, 0.25) is 5.91 Å². The van der Waals surface area contributed by atoms with E-state index in [1.54, 1.807) is 18.9 Å². The maximum atomic E-state index is 15.1. The minimum absolute atomic E-state index is 0.0610. The summed E-state index contributed by atoms with van der Waals surface area (Å²) in [7, 11) is -0.137. The van der Waals surface area contributed by atoms with E-state index in [0.29, 0.717) is 51.4 Å². The van der Waals surface area contributed by atoms with E-state index < -0.39 is 42.1 Å². The number of benzene rings is 3. The quantitative estimate of drug-likeness (QED) is 0.116. The number of aryl methyl sites for hydroxylation is 1. The van der Waals surface area contributed by atoms with Gasteiger partial charge in [-0.2, -0.15) is 10.2 Å². The minimum atomic E-state index is -3.30. The topological polar surface area (TPSA) is 134 Å². The molecule has 1 aliphatic rings. The first-order chi connectivity index (χ1) is 27.7. The van der Waals surface area contributed by atoms with Crippen molar-refractivity contribution in [1.29, 1.82) is 0 Å². The zero-order valence-corrected chi connectivity index (χ0v) is 35.5. The molecule has 4 heterocycles. The molecule has 3 aromatic carbocycles. The Morgan fingerprint density at radius 3 is 2.24 bits per heavy atom. The number of carbonyl (C=O) groups is 1. The van der Waals surface area contributed by atoms with Gasteiger partial charge in [-0.1, -0.05) is 85.8 Å². The molecule has 0 saturated carbocycles. The van der Waals surface area contributed by atoms with E-state index in [2.05, 4.69) is 24.0 Å². The monoisotopic (exact) mass is 824 g/mol. The lowest BCUT2D eigenvalue weighted by atomic mass is 9.90. The summed E-state index contributed by atoms with van der Waals surface area (Å²) >= 11 is 1.21. The molecule has 2 atom stereocenters. The van der Waals surface area contributed by atoms with Crippen LogP contribution in [-0.2, 0) is 21.6 Å². The number of methoxy groups -OCH3 is 1. The van der Waals surface area contributed by atoms with Crippen molar-refractivity contribution in [2.75, 3.05) is 27.3 Å². The smallest absolute Gasteiger partial charge is 0.332 e. The number of carbonyl (C=O) groups excluding carboxylic acids is 1. The molecule has 15 heteroatoms. The Balaban J connectivity index is 1.29. The molecule has 304 valence electrons. The van der Waals surface area contributed by atoms with Crippen molar-refractivity contribution in [3.8, 4) is 10.8 Å². The fourth-order valence-electron chi connectivity index (χ4n) is 8.50. The first kappa shape index (κ1) is 41.0. The number of amides is 1. The number of thiophene rings is 1. The third kappa shape index (κ3) is 7.36. The van der Waals surface area contributed by atoms with E-state index in [9.17, 15) is 19.2 Å². The normalized spacial score (nSPS) is 16.9. The molecule has 0 aliphatic carbocycles. The van der Waals surface area contributed by atoms with Gasteiger partial charge in [0.15, 0.2) is 0 Å². The van der Waals surface area contributed by atoms with Gasteiger partial charge in [-0.3, -0.25) is 18.7 Å². The largest absolute Gasteiger partial charge is 0.496 e. The molecule has 1 N–H and O–H groups in total. The lowest BCUT2D eigenvalue weighted by Gasteiger charge is -2.41. The number of nitrogens with zero attached hydrogens (tertiary/aromatic N) is 6. The number of hydrogen-bond donors (Lipinski definition) is 1. The zero-order valence-electron chi connectivity index (χ0n) is 33.6. The number of aromatic nitrogens is 5. The van der Waals surface area contributed by atoms with E-state index in [1.807, 2.05) is 67.6 Å². The molecule has 1 amide bonds. The number of fused-ring (bicyclic) bond motifs is 1. The van der Waals surface area contributed by atoms with Crippen LogP contribution in [0.25, 0.3) is 15.2 Å². The average molecular weight is 825 g/mol. The van der Waals surface area contributed by atoms with Crippen molar-refractivity contribution in [1.82, 2.24) is 29.0 Å². The Kier molecular flexibility index (Phi) is 11.4. The van der Waals surface area contributed by atoms with Crippen molar-refractivity contribution in [3.63, 3.8) is 0 Å². The summed E-state index contributed by atoms with van der Waals surface area (Å²) in [4.78, 5) is 58.2. The zero-order chi connectivity index (χ0) is 41.4. The molecule has 0 unspecified atom stereocenters. The van der Waals surface area contributed by atoms with Crippen molar-refractivity contribution in [2.45, 2.75) is 76.6 Å². The van der Waals surface area contributed by atoms with E-state index >= 15 is 4.39 Å². The molecule has 7 rings (SSSR count). The van der Waals surface area contributed by atoms with Gasteiger partial charge in [0, 0.05) is 37.7 Å². The van der Waals surface area contributed by atoms with Crippen LogP contribution >= 0.6 is 11.3 Å². The predicted molar refractivity (Wildman–Crippen MR) is 226 cm³/mol. The predicted octanol–water partition coefficient (Wildman–Crippen LogP) is 5.30. The summed E-state index contributed by atoms with van der Waals surface area (Å²) in [5.41, 5.74) is -1.05. The Morgan fingerprint density at radius 2 is 1.64 bits per heavy atom. The molecule has 3 aromatic heterocycles. The fraction of sp³-hybridized carbons (Fsp3) is 0.372. The van der Waals surface area contributed by atoms with Gasteiger partial charge in [0.1, 0.15) is 27.5 Å². The molecule has 1 fully saturated rings. The van der Waals surface area contributed by atoms with E-state index in [4.69, 9.17) is 9.47 Å². The molecule has 0 radical (unpaired) electrons. The van der Waals surface area contributed by atoms with Crippen LogP contribution in [-0.4, -0.2) is 75.4 Å². The van der Waals surface area contributed by atoms with Gasteiger partial charge in [-0.05, 0) is 66.7 Å². The molecular formula is C43H49FN6O6SSi. The highest BCUT2D eigenvalue weighted by Gasteiger charge is 2.49. The highest BCUT2D eigenvalue weighted by Crippen LogP contribution is 2.41. The second kappa shape index (κ2) is 16.2. The van der Waals surface area contributed by atoms with Crippen LogP contribution < -0.4 is 26.4 Å². The maximum absolute atomic E-state index is 15.1. The Labute approximate surface area is 341 Å². The molecule has 58 heavy (non-hydrogen) atoms. The first-order valence-corrected chi connectivity index (χ1v) is 22.1. The van der Waals surface area contributed by atoms with Gasteiger partial charge in [0.25, 0.3) is 13.9 Å². The number of rotatable bonds is 14. The van der Waals surface area contributed by atoms with Crippen LogP contribution in [0.2, 0.25) is 5.04 Å². The molecular weight excluding hydrogens is 776 g/mol. The number of ether oxygens (including phenoxy) is 2. The highest BCUT2D eigenvalue weighted by molar-refractivity contribution is 7.21. The van der Waals surface area contributed by atoms with Gasteiger partial charge >= 0.3 is 5.69 Å². The van der Waals surface area contributed by atoms with Crippen LogP contribution in [0.5, 0.6) is 5.75 Å². The van der Waals surface area contributed by atoms with Crippen LogP contribution in [0.15, 0.2) is 101 Å². The number of hydrogen-bond acceptors (Lipinski definition) is 9. The molecule has 0 bridgehead atoms. The summed E-state index contributed by atoms with van der Waals surface area (Å²) < 4.78 is 30.3. The van der Waals surface area contributed by atoms with E-state index in [0.717, 1.165) is 10.4 Å². The summed E-state index contributed by atoms with van der Waals surface area (Å²) in [6.45, 7) is 8.09. The van der Waals surface area contributed by atoms with E-state index in [1.165, 1.54) is 63.0 Å². The number of likely N-dealkylation sites (tertiary alicyclic amines) is 1. The van der Waals surface area contributed by atoms with Gasteiger partial charge < -0.3 is 19.2 Å².